The first-order chi connectivity index (χ1) is 8.34. The molecule has 0 radical (unpaired) electrons. The fourth-order valence-electron chi connectivity index (χ4n) is 1.24. The maximum Gasteiger partial charge on any atom is -0.147 e. The fourth-order valence-corrected chi connectivity index (χ4v) is 1.24. The Bertz CT molecular complexity index is 380. The molecule has 2 aliphatic carbocycles. The third kappa shape index (κ3) is 13.5. The summed E-state index contributed by atoms with van der Waals surface area (Å²) in [6, 6.07) is 0. The van der Waals surface area contributed by atoms with Crippen molar-refractivity contribution in [1.29, 1.82) is 0 Å². The van der Waals surface area contributed by atoms with Crippen molar-refractivity contribution in [3.8, 4) is 0 Å². The summed E-state index contributed by atoms with van der Waals surface area (Å²) < 4.78 is 0. The zero-order chi connectivity index (χ0) is 14.1. The van der Waals surface area contributed by atoms with E-state index < -0.39 is 0 Å². The Labute approximate surface area is 149 Å². The molecule has 4 heteroatoms. The molecule has 0 saturated heterocycles. The number of allylic oxidation sites excluding steroid dienone is 8. The van der Waals surface area contributed by atoms with Crippen LogP contribution in [0.3, 0.4) is 0 Å². The molecule has 0 aromatic heterocycles. The normalized spacial score (nSPS) is 14.8. The van der Waals surface area contributed by atoms with E-state index >= 15 is 0 Å². The Morgan fingerprint density at radius 1 is 0.850 bits per heavy atom. The average molecular weight is 365 g/mol. The van der Waals surface area contributed by atoms with Crippen LogP contribution in [-0.4, -0.2) is 6.19 Å². The maximum absolute atomic E-state index is 3.12. The monoisotopic (exact) mass is 364 g/mol. The number of hydrogen-bond acceptors (Lipinski definition) is 0. The molecule has 0 amide bonds. The molecule has 0 nitrogen and oxygen atoms in total. The molecular formula is C16H26Cl2SiTi. The Balaban J connectivity index is -0.000000215. The molecule has 0 heterocycles. The molecular weight excluding hydrogens is 339 g/mol. The predicted molar refractivity (Wildman–Crippen MR) is 93.6 cm³/mol. The van der Waals surface area contributed by atoms with Gasteiger partial charge in [-0.15, -0.1) is 51.5 Å². The molecule has 112 valence electrons. The van der Waals surface area contributed by atoms with Gasteiger partial charge in [0.15, 0.2) is 0 Å². The first-order valence-electron chi connectivity index (χ1n) is 6.32. The summed E-state index contributed by atoms with van der Waals surface area (Å²) in [5.41, 5.74) is 5.69. The van der Waals surface area contributed by atoms with Crippen molar-refractivity contribution in [2.24, 2.45) is 0 Å². The summed E-state index contributed by atoms with van der Waals surface area (Å²) in [7, 11) is 0. The summed E-state index contributed by atoms with van der Waals surface area (Å²) in [6.07, 6.45) is 12.6. The number of hydrogen-bond donors (Lipinski definition) is 0. The van der Waals surface area contributed by atoms with Crippen LogP contribution in [0.25, 0.3) is 0 Å². The van der Waals surface area contributed by atoms with Crippen molar-refractivity contribution in [2.75, 3.05) is 0 Å². The minimum atomic E-state index is 0. The number of rotatable bonds is 0. The largest absolute Gasteiger partial charge is 0.147 e. The first kappa shape index (κ1) is 25.4. The van der Waals surface area contributed by atoms with E-state index in [1.54, 1.807) is 0 Å². The van der Waals surface area contributed by atoms with Crippen molar-refractivity contribution < 1.29 is 19.2 Å². The Hall–Kier alpha value is 0.471. The first-order valence-corrected chi connectivity index (χ1v) is 11.2. The molecule has 2 rings (SSSR count). The predicted octanol–water partition coefficient (Wildman–Crippen LogP) is 5.80. The second-order valence-electron chi connectivity index (χ2n) is 4.98. The van der Waals surface area contributed by atoms with Gasteiger partial charge in [-0.2, -0.15) is 11.1 Å². The molecule has 0 spiro atoms. The minimum Gasteiger partial charge on any atom is -0.147 e. The zero-order valence-corrected chi connectivity index (χ0v) is 17.6. The van der Waals surface area contributed by atoms with Crippen molar-refractivity contribution >= 4 is 31.0 Å². The molecule has 20 heavy (non-hydrogen) atoms. The molecule has 0 N–H and O–H groups in total. The molecule has 0 aromatic rings. The van der Waals surface area contributed by atoms with E-state index in [-0.39, 0.29) is 31.0 Å². The van der Waals surface area contributed by atoms with E-state index in [1.165, 1.54) is 22.3 Å². The van der Waals surface area contributed by atoms with Gasteiger partial charge in [0.1, 0.15) is 0 Å². The van der Waals surface area contributed by atoms with E-state index in [0.29, 0.717) is 0 Å². The summed E-state index contributed by atoms with van der Waals surface area (Å²) in [5, 5.41) is 0. The van der Waals surface area contributed by atoms with Gasteiger partial charge in [0, 0.05) is 0 Å². The van der Waals surface area contributed by atoms with Crippen LogP contribution in [0, 0.1) is 12.2 Å². The van der Waals surface area contributed by atoms with Crippen molar-refractivity contribution in [1.82, 2.24) is 0 Å². The van der Waals surface area contributed by atoms with Gasteiger partial charge >= 0.3 is 38.5 Å². The van der Waals surface area contributed by atoms with Gasteiger partial charge in [0.25, 0.3) is 0 Å². The molecule has 0 atom stereocenters. The third-order valence-electron chi connectivity index (χ3n) is 2.72. The Morgan fingerprint density at radius 2 is 1.10 bits per heavy atom. The van der Waals surface area contributed by atoms with Gasteiger partial charge in [0.05, 0.1) is 0 Å². The minimum absolute atomic E-state index is 0. The van der Waals surface area contributed by atoms with Crippen LogP contribution in [0.5, 0.6) is 0 Å². The van der Waals surface area contributed by atoms with Gasteiger partial charge in [-0.25, -0.2) is 23.3 Å². The molecule has 0 aliphatic heterocycles. The van der Waals surface area contributed by atoms with Gasteiger partial charge in [-0.05, 0) is 0 Å². The van der Waals surface area contributed by atoms with E-state index in [2.05, 4.69) is 84.3 Å². The zero-order valence-electron chi connectivity index (χ0n) is 13.4. The third-order valence-corrected chi connectivity index (χ3v) is 2.72. The van der Waals surface area contributed by atoms with Crippen molar-refractivity contribution in [2.45, 2.75) is 53.6 Å². The molecule has 0 unspecified atom stereocenters. The summed E-state index contributed by atoms with van der Waals surface area (Å²) in [4.78, 5) is 0. The van der Waals surface area contributed by atoms with Crippen LogP contribution in [0.1, 0.15) is 40.5 Å². The molecule has 0 saturated carbocycles. The second-order valence-corrected chi connectivity index (χ2v) is 11.7. The van der Waals surface area contributed by atoms with Crippen LogP contribution in [0.15, 0.2) is 34.4 Å². The molecule has 0 aromatic carbocycles. The van der Waals surface area contributed by atoms with E-state index in [1.807, 2.05) is 0 Å². The molecule has 0 bridgehead atoms. The van der Waals surface area contributed by atoms with Gasteiger partial charge < -0.3 is 0 Å². The topological polar surface area (TPSA) is 0 Å². The van der Waals surface area contributed by atoms with Crippen molar-refractivity contribution in [3.05, 3.63) is 46.6 Å². The summed E-state index contributed by atoms with van der Waals surface area (Å²) in [6.45, 7) is 13.1. The van der Waals surface area contributed by atoms with E-state index in [0.717, 1.165) is 12.8 Å². The van der Waals surface area contributed by atoms with Crippen molar-refractivity contribution in [3.63, 3.8) is 0 Å². The maximum atomic E-state index is 3.12. The fraction of sp³-hybridized carbons (Fsp3) is 0.500. The van der Waals surface area contributed by atoms with Gasteiger partial charge in [0.2, 0.25) is 0 Å². The standard InChI is InChI=1S/2C7H9.C2H6Si.2ClH.Ti/c2*1-6-4-3-5-7(6)2;1-3-2;;;/h2*4H,5H2,1-2H3;1-2H3;2*1H;/q2*-1;;;;+2. The summed E-state index contributed by atoms with van der Waals surface area (Å²) in [5.74, 6) is 0. The van der Waals surface area contributed by atoms with Crippen LogP contribution < -0.4 is 0 Å². The van der Waals surface area contributed by atoms with Crippen LogP contribution >= 0.6 is 24.8 Å². The van der Waals surface area contributed by atoms with E-state index in [4.69, 9.17) is 0 Å². The average Bonchev–Trinajstić information content (AvgIpc) is 2.79. The molecule has 0 fully saturated rings. The SMILES string of the molecule is CC1=C(C)C[C-]=C1.CC1=C(C)C[C-]=C1.C[Si](C)=[Ti+2].Cl.Cl. The smallest absolute Gasteiger partial charge is 0.147 e. The van der Waals surface area contributed by atoms with Crippen LogP contribution in [0.2, 0.25) is 13.1 Å². The van der Waals surface area contributed by atoms with Gasteiger partial charge in [-0.1, -0.05) is 13.8 Å². The Kier molecular flexibility index (Phi) is 18.3. The molecule has 2 aliphatic rings. The Morgan fingerprint density at radius 3 is 1.15 bits per heavy atom. The number of halogens is 2. The second kappa shape index (κ2) is 14.4. The van der Waals surface area contributed by atoms with Crippen LogP contribution in [0.4, 0.5) is 0 Å². The quantitative estimate of drug-likeness (QED) is 0.376. The van der Waals surface area contributed by atoms with Crippen LogP contribution in [-0.2, 0) is 19.2 Å². The van der Waals surface area contributed by atoms with E-state index in [9.17, 15) is 0 Å². The van der Waals surface area contributed by atoms with Gasteiger partial charge in [-0.3, -0.25) is 12.2 Å². The summed E-state index contributed by atoms with van der Waals surface area (Å²) >= 11 is 2.27.